The van der Waals surface area contributed by atoms with Gasteiger partial charge in [-0.3, -0.25) is 4.68 Å². The van der Waals surface area contributed by atoms with Crippen LogP contribution in [0.3, 0.4) is 0 Å². The molecule has 0 aliphatic carbocycles. The molecule has 1 unspecified atom stereocenters. The summed E-state index contributed by atoms with van der Waals surface area (Å²) in [5, 5.41) is 7.78. The lowest BCUT2D eigenvalue weighted by atomic mass is 10.2. The monoisotopic (exact) mass is 233 g/mol. The van der Waals surface area contributed by atoms with Crippen LogP contribution in [0.25, 0.3) is 0 Å². The molecule has 2 aromatic rings. The summed E-state index contributed by atoms with van der Waals surface area (Å²) in [6.07, 6.45) is 5.63. The molecular weight excluding hydrogens is 214 g/mol. The van der Waals surface area contributed by atoms with E-state index >= 15 is 0 Å². The van der Waals surface area contributed by atoms with Gasteiger partial charge in [0.1, 0.15) is 11.9 Å². The lowest BCUT2D eigenvalue weighted by molar-refractivity contribution is 0.514. The van der Waals surface area contributed by atoms with Gasteiger partial charge in [0, 0.05) is 32.2 Å². The van der Waals surface area contributed by atoms with Crippen molar-refractivity contribution in [2.75, 3.05) is 6.54 Å². The van der Waals surface area contributed by atoms with Gasteiger partial charge in [0.2, 0.25) is 0 Å². The summed E-state index contributed by atoms with van der Waals surface area (Å²) in [6.45, 7) is 5.96. The van der Waals surface area contributed by atoms with Gasteiger partial charge in [-0.2, -0.15) is 5.10 Å². The molecule has 17 heavy (non-hydrogen) atoms. The molecule has 0 aromatic carbocycles. The first-order valence-electron chi connectivity index (χ1n) is 6.00. The normalized spacial score (nSPS) is 12.9. The first kappa shape index (κ1) is 11.9. The van der Waals surface area contributed by atoms with Crippen LogP contribution in [0.2, 0.25) is 0 Å². The molecule has 0 amide bonds. The molecule has 2 rings (SSSR count). The Morgan fingerprint density at radius 2 is 2.18 bits per heavy atom. The van der Waals surface area contributed by atoms with Crippen LogP contribution in [0.4, 0.5) is 0 Å². The third kappa shape index (κ3) is 2.24. The number of nitrogens with zero attached hydrogens (tertiary/aromatic N) is 4. The van der Waals surface area contributed by atoms with E-state index < -0.39 is 0 Å². The summed E-state index contributed by atoms with van der Waals surface area (Å²) in [5.41, 5.74) is 1.16. The van der Waals surface area contributed by atoms with Crippen LogP contribution in [0, 0.1) is 0 Å². The molecule has 0 spiro atoms. The van der Waals surface area contributed by atoms with E-state index in [9.17, 15) is 0 Å². The van der Waals surface area contributed by atoms with Crippen LogP contribution < -0.4 is 5.32 Å². The minimum Gasteiger partial charge on any atom is -0.336 e. The Hall–Kier alpha value is -1.62. The number of aromatic nitrogens is 4. The molecule has 92 valence electrons. The van der Waals surface area contributed by atoms with Gasteiger partial charge in [-0.1, -0.05) is 6.92 Å². The molecule has 5 nitrogen and oxygen atoms in total. The van der Waals surface area contributed by atoms with Crippen molar-refractivity contribution in [3.05, 3.63) is 36.2 Å². The van der Waals surface area contributed by atoms with E-state index in [-0.39, 0.29) is 6.04 Å². The van der Waals surface area contributed by atoms with Gasteiger partial charge < -0.3 is 9.88 Å². The zero-order chi connectivity index (χ0) is 12.3. The summed E-state index contributed by atoms with van der Waals surface area (Å²) in [4.78, 5) is 4.43. The zero-order valence-electron chi connectivity index (χ0n) is 10.6. The summed E-state index contributed by atoms with van der Waals surface area (Å²) in [6, 6.07) is 2.15. The number of rotatable bonds is 5. The average Bonchev–Trinajstić information content (AvgIpc) is 2.94. The van der Waals surface area contributed by atoms with Crippen molar-refractivity contribution >= 4 is 0 Å². The fourth-order valence-corrected chi connectivity index (χ4v) is 2.04. The van der Waals surface area contributed by atoms with Crippen LogP contribution in [-0.2, 0) is 13.6 Å². The van der Waals surface area contributed by atoms with Crippen LogP contribution in [-0.4, -0.2) is 25.9 Å². The Balaban J connectivity index is 2.39. The topological polar surface area (TPSA) is 47.7 Å². The smallest absolute Gasteiger partial charge is 0.131 e. The third-order valence-corrected chi connectivity index (χ3v) is 2.87. The molecule has 2 heterocycles. The van der Waals surface area contributed by atoms with E-state index in [0.717, 1.165) is 24.6 Å². The second kappa shape index (κ2) is 5.14. The molecule has 1 N–H and O–H groups in total. The fourth-order valence-electron chi connectivity index (χ4n) is 2.04. The second-order valence-corrected chi connectivity index (χ2v) is 3.96. The molecule has 0 aliphatic heterocycles. The van der Waals surface area contributed by atoms with Crippen LogP contribution >= 0.6 is 0 Å². The summed E-state index contributed by atoms with van der Waals surface area (Å²) in [7, 11) is 2.01. The van der Waals surface area contributed by atoms with Crippen molar-refractivity contribution in [3.63, 3.8) is 0 Å². The van der Waals surface area contributed by atoms with E-state index in [0.29, 0.717) is 0 Å². The largest absolute Gasteiger partial charge is 0.336 e. The molecule has 0 saturated heterocycles. The molecular formula is C12H19N5. The predicted molar refractivity (Wildman–Crippen MR) is 66.6 cm³/mol. The van der Waals surface area contributed by atoms with E-state index in [1.807, 2.05) is 41.0 Å². The molecule has 0 fully saturated rings. The third-order valence-electron chi connectivity index (χ3n) is 2.87. The highest BCUT2D eigenvalue weighted by Crippen LogP contribution is 2.19. The first-order valence-corrected chi connectivity index (χ1v) is 6.00. The van der Waals surface area contributed by atoms with Gasteiger partial charge >= 0.3 is 0 Å². The van der Waals surface area contributed by atoms with Crippen LogP contribution in [0.1, 0.15) is 31.4 Å². The SMILES string of the molecule is CCNC(c1nccn1C)c1ccnn1CC. The van der Waals surface area contributed by atoms with Gasteiger partial charge in [0.15, 0.2) is 0 Å². The molecule has 0 bridgehead atoms. The summed E-state index contributed by atoms with van der Waals surface area (Å²) < 4.78 is 4.04. The lowest BCUT2D eigenvalue weighted by Crippen LogP contribution is -2.27. The highest BCUT2D eigenvalue weighted by atomic mass is 15.3. The number of nitrogens with one attached hydrogen (secondary N) is 1. The average molecular weight is 233 g/mol. The molecule has 0 aliphatic rings. The predicted octanol–water partition coefficient (Wildman–Crippen LogP) is 1.34. The van der Waals surface area contributed by atoms with Crippen molar-refractivity contribution in [2.24, 2.45) is 7.05 Å². The Labute approximate surface area is 101 Å². The van der Waals surface area contributed by atoms with E-state index in [1.165, 1.54) is 0 Å². The van der Waals surface area contributed by atoms with Crippen molar-refractivity contribution < 1.29 is 0 Å². The fraction of sp³-hybridized carbons (Fsp3) is 0.500. The Morgan fingerprint density at radius 3 is 2.76 bits per heavy atom. The highest BCUT2D eigenvalue weighted by Gasteiger charge is 2.20. The van der Waals surface area contributed by atoms with Gasteiger partial charge in [-0.15, -0.1) is 0 Å². The number of hydrogen-bond donors (Lipinski definition) is 1. The number of aryl methyl sites for hydroxylation is 2. The minimum atomic E-state index is 0.0995. The maximum atomic E-state index is 4.43. The van der Waals surface area contributed by atoms with Crippen molar-refractivity contribution in [1.29, 1.82) is 0 Å². The van der Waals surface area contributed by atoms with E-state index in [1.54, 1.807) is 0 Å². The summed E-state index contributed by atoms with van der Waals surface area (Å²) >= 11 is 0. The maximum Gasteiger partial charge on any atom is 0.131 e. The Bertz CT molecular complexity index is 471. The first-order chi connectivity index (χ1) is 8.27. The minimum absolute atomic E-state index is 0.0995. The van der Waals surface area contributed by atoms with Crippen molar-refractivity contribution in [2.45, 2.75) is 26.4 Å². The van der Waals surface area contributed by atoms with Gasteiger partial charge in [-0.05, 0) is 19.5 Å². The molecule has 0 radical (unpaired) electrons. The van der Waals surface area contributed by atoms with Crippen LogP contribution in [0.15, 0.2) is 24.7 Å². The van der Waals surface area contributed by atoms with Gasteiger partial charge in [0.25, 0.3) is 0 Å². The maximum absolute atomic E-state index is 4.43. The lowest BCUT2D eigenvalue weighted by Gasteiger charge is -2.18. The van der Waals surface area contributed by atoms with Gasteiger partial charge in [-0.25, -0.2) is 4.98 Å². The quantitative estimate of drug-likeness (QED) is 0.847. The van der Waals surface area contributed by atoms with Crippen LogP contribution in [0.5, 0.6) is 0 Å². The molecule has 5 heteroatoms. The van der Waals surface area contributed by atoms with E-state index in [2.05, 4.69) is 29.2 Å². The summed E-state index contributed by atoms with van der Waals surface area (Å²) in [5.74, 6) is 1.02. The zero-order valence-corrected chi connectivity index (χ0v) is 10.6. The van der Waals surface area contributed by atoms with E-state index in [4.69, 9.17) is 0 Å². The second-order valence-electron chi connectivity index (χ2n) is 3.96. The highest BCUT2D eigenvalue weighted by molar-refractivity contribution is 5.17. The Kier molecular flexibility index (Phi) is 3.58. The van der Waals surface area contributed by atoms with Crippen molar-refractivity contribution in [1.82, 2.24) is 24.6 Å². The molecule has 0 saturated carbocycles. The number of imidazole rings is 1. The standard InChI is InChI=1S/C12H19N5/c1-4-13-11(12-14-8-9-16(12)3)10-6-7-15-17(10)5-2/h6-9,11,13H,4-5H2,1-3H3. The van der Waals surface area contributed by atoms with Crippen molar-refractivity contribution in [3.8, 4) is 0 Å². The van der Waals surface area contributed by atoms with Gasteiger partial charge in [0.05, 0.1) is 5.69 Å². The molecule has 1 atom stereocenters. The number of hydrogen-bond acceptors (Lipinski definition) is 3. The molecule has 2 aromatic heterocycles. The Morgan fingerprint density at radius 1 is 1.35 bits per heavy atom.